The van der Waals surface area contributed by atoms with Crippen LogP contribution in [-0.4, -0.2) is 43.1 Å². The van der Waals surface area contributed by atoms with Crippen LogP contribution in [0, 0.1) is 5.92 Å². The van der Waals surface area contributed by atoms with Crippen molar-refractivity contribution in [1.29, 1.82) is 0 Å². The van der Waals surface area contributed by atoms with E-state index in [0.29, 0.717) is 13.1 Å². The molecule has 7 nitrogen and oxygen atoms in total. The number of ether oxygens (including phenoxy) is 2. The Morgan fingerprint density at radius 3 is 1.53 bits per heavy atom. The molecule has 0 fully saturated rings. The predicted octanol–water partition coefficient (Wildman–Crippen LogP) is 7.57. The van der Waals surface area contributed by atoms with Gasteiger partial charge in [0.05, 0.1) is 0 Å². The van der Waals surface area contributed by atoms with E-state index in [0.717, 1.165) is 25.7 Å². The van der Waals surface area contributed by atoms with Gasteiger partial charge in [0.2, 0.25) is 0 Å². The van der Waals surface area contributed by atoms with Crippen LogP contribution < -0.4 is 10.6 Å². The van der Waals surface area contributed by atoms with Gasteiger partial charge in [0.15, 0.2) is 5.12 Å². The highest BCUT2D eigenvalue weighted by molar-refractivity contribution is 7.96. The Bertz CT molecular complexity index is 562. The summed E-state index contributed by atoms with van der Waals surface area (Å²) in [5, 5.41) is 5.22. The number of unbranched alkanes of at least 4 members (excludes halogenated alkanes) is 14. The van der Waals surface area contributed by atoms with Crippen molar-refractivity contribution in [2.75, 3.05) is 19.7 Å². The van der Waals surface area contributed by atoms with Crippen molar-refractivity contribution in [2.24, 2.45) is 5.92 Å². The van der Waals surface area contributed by atoms with Crippen molar-refractivity contribution in [3.63, 3.8) is 0 Å². The van der Waals surface area contributed by atoms with Crippen LogP contribution in [0.25, 0.3) is 0 Å². The molecule has 0 heterocycles. The van der Waals surface area contributed by atoms with Crippen LogP contribution in [0.1, 0.15) is 130 Å². The Labute approximate surface area is 226 Å². The van der Waals surface area contributed by atoms with Crippen LogP contribution in [0.4, 0.5) is 9.59 Å². The van der Waals surface area contributed by atoms with Gasteiger partial charge in [-0.1, -0.05) is 111 Å². The Morgan fingerprint density at radius 1 is 0.667 bits per heavy atom. The summed E-state index contributed by atoms with van der Waals surface area (Å²) in [5.41, 5.74) is 0. The number of amides is 2. The summed E-state index contributed by atoms with van der Waals surface area (Å²) >= 11 is 3.87. The van der Waals surface area contributed by atoms with E-state index in [2.05, 4.69) is 37.1 Å². The monoisotopic (exact) mass is 530 g/mol. The lowest BCUT2D eigenvalue weighted by Gasteiger charge is -2.20. The molecule has 0 aromatic carbocycles. The summed E-state index contributed by atoms with van der Waals surface area (Å²) in [4.78, 5) is 35.8. The first-order valence-corrected chi connectivity index (χ1v) is 14.9. The molecule has 0 saturated carbocycles. The number of hydrogen-bond acceptors (Lipinski definition) is 5. The molecule has 0 bridgehead atoms. The van der Waals surface area contributed by atoms with Gasteiger partial charge in [0.1, 0.15) is 12.7 Å². The zero-order valence-electron chi connectivity index (χ0n) is 23.3. The van der Waals surface area contributed by atoms with Gasteiger partial charge in [-0.05, 0) is 19.3 Å². The summed E-state index contributed by atoms with van der Waals surface area (Å²) in [6, 6.07) is 0. The lowest BCUT2D eigenvalue weighted by Crippen LogP contribution is -2.35. The van der Waals surface area contributed by atoms with Gasteiger partial charge in [-0.25, -0.2) is 9.59 Å². The Morgan fingerprint density at radius 2 is 1.08 bits per heavy atom. The average molecular weight is 531 g/mol. The van der Waals surface area contributed by atoms with E-state index in [-0.39, 0.29) is 18.1 Å². The van der Waals surface area contributed by atoms with Gasteiger partial charge < -0.3 is 20.1 Å². The highest BCUT2D eigenvalue weighted by Crippen LogP contribution is 2.14. The van der Waals surface area contributed by atoms with E-state index in [1.165, 1.54) is 77.0 Å². The molecule has 0 spiro atoms. The van der Waals surface area contributed by atoms with E-state index < -0.39 is 24.2 Å². The van der Waals surface area contributed by atoms with Crippen molar-refractivity contribution < 1.29 is 23.9 Å². The molecule has 1 unspecified atom stereocenters. The largest absolute Gasteiger partial charge is 0.446 e. The van der Waals surface area contributed by atoms with Crippen LogP contribution >= 0.6 is 12.6 Å². The third-order valence-corrected chi connectivity index (χ3v) is 6.75. The maximum Gasteiger partial charge on any atom is 0.407 e. The molecule has 0 rings (SSSR count). The zero-order chi connectivity index (χ0) is 26.9. The minimum Gasteiger partial charge on any atom is -0.446 e. The summed E-state index contributed by atoms with van der Waals surface area (Å²) in [6.07, 6.45) is 17.5. The third kappa shape index (κ3) is 23.0. The van der Waals surface area contributed by atoms with E-state index in [4.69, 9.17) is 9.47 Å². The van der Waals surface area contributed by atoms with Crippen LogP contribution in [0.5, 0.6) is 0 Å². The molecule has 0 aromatic rings. The number of carbonyl (C=O) groups excluding carboxylic acids is 3. The summed E-state index contributed by atoms with van der Waals surface area (Å²) in [6.45, 7) is 7.15. The molecule has 212 valence electrons. The molecule has 2 amide bonds. The molecular weight excluding hydrogens is 476 g/mol. The number of carbonyl (C=O) groups is 3. The molecule has 2 atom stereocenters. The summed E-state index contributed by atoms with van der Waals surface area (Å²) in [7, 11) is 0. The third-order valence-electron chi connectivity index (χ3n) is 6.31. The first-order chi connectivity index (χ1) is 17.4. The smallest absolute Gasteiger partial charge is 0.407 e. The standard InChI is InChI=1S/C28H54N2O5S/c1-4-6-8-10-12-14-16-18-20-29-27(32)34-23-25(22-24(3)26(31)36)35-28(33)30-21-19-17-15-13-11-9-7-5-2/h24-25H,4-23H2,1-3H3,(H,29,32)(H,30,33)(H,31,36)/t24-,25?/m1/s1. The van der Waals surface area contributed by atoms with Crippen LogP contribution in [0.15, 0.2) is 0 Å². The lowest BCUT2D eigenvalue weighted by atomic mass is 10.1. The molecule has 0 aliphatic rings. The van der Waals surface area contributed by atoms with E-state index >= 15 is 0 Å². The van der Waals surface area contributed by atoms with Crippen LogP contribution in [0.2, 0.25) is 0 Å². The van der Waals surface area contributed by atoms with Crippen molar-refractivity contribution in [1.82, 2.24) is 10.6 Å². The van der Waals surface area contributed by atoms with Crippen LogP contribution in [-0.2, 0) is 14.3 Å². The quantitative estimate of drug-likeness (QED) is 0.0883. The van der Waals surface area contributed by atoms with Crippen molar-refractivity contribution in [3.05, 3.63) is 0 Å². The first-order valence-electron chi connectivity index (χ1n) is 14.5. The fourth-order valence-corrected chi connectivity index (χ4v) is 4.06. The molecule has 0 aliphatic carbocycles. The lowest BCUT2D eigenvalue weighted by molar-refractivity contribution is -0.114. The minimum absolute atomic E-state index is 0.0974. The SMILES string of the molecule is CCCCCCCCCCNC(=O)OCC(C[C@@H](C)C(=O)S)OC(=O)NCCCCCCCCCC. The number of nitrogens with one attached hydrogen (secondary N) is 2. The zero-order valence-corrected chi connectivity index (χ0v) is 24.2. The highest BCUT2D eigenvalue weighted by atomic mass is 32.1. The van der Waals surface area contributed by atoms with Gasteiger partial charge in [-0.15, -0.1) is 12.6 Å². The van der Waals surface area contributed by atoms with Crippen molar-refractivity contribution in [2.45, 2.75) is 136 Å². The normalized spacial score (nSPS) is 12.6. The van der Waals surface area contributed by atoms with Crippen LogP contribution in [0.3, 0.4) is 0 Å². The maximum absolute atomic E-state index is 12.2. The van der Waals surface area contributed by atoms with Gasteiger partial charge in [-0.2, -0.15) is 0 Å². The minimum atomic E-state index is -0.705. The van der Waals surface area contributed by atoms with Gasteiger partial charge in [0, 0.05) is 19.0 Å². The Balaban J connectivity index is 4.11. The Kier molecular flexibility index (Phi) is 24.2. The van der Waals surface area contributed by atoms with E-state index in [1.54, 1.807) is 6.92 Å². The summed E-state index contributed by atoms with van der Waals surface area (Å²) < 4.78 is 10.7. The highest BCUT2D eigenvalue weighted by Gasteiger charge is 2.22. The van der Waals surface area contributed by atoms with Gasteiger partial charge in [-0.3, -0.25) is 4.79 Å². The van der Waals surface area contributed by atoms with Gasteiger partial charge >= 0.3 is 12.2 Å². The van der Waals surface area contributed by atoms with E-state index in [9.17, 15) is 14.4 Å². The number of hydrogen-bond donors (Lipinski definition) is 3. The molecule has 0 radical (unpaired) electrons. The number of thiol groups is 1. The van der Waals surface area contributed by atoms with Crippen molar-refractivity contribution in [3.8, 4) is 0 Å². The Hall–Kier alpha value is -1.44. The average Bonchev–Trinajstić information content (AvgIpc) is 2.85. The maximum atomic E-state index is 12.2. The molecule has 8 heteroatoms. The summed E-state index contributed by atoms with van der Waals surface area (Å²) in [5.74, 6) is -0.414. The molecule has 36 heavy (non-hydrogen) atoms. The van der Waals surface area contributed by atoms with E-state index in [1.807, 2.05) is 0 Å². The molecule has 0 saturated heterocycles. The first kappa shape index (κ1) is 34.6. The topological polar surface area (TPSA) is 93.7 Å². The number of rotatable bonds is 24. The predicted molar refractivity (Wildman–Crippen MR) is 151 cm³/mol. The molecular formula is C28H54N2O5S. The van der Waals surface area contributed by atoms with Crippen molar-refractivity contribution >= 4 is 29.9 Å². The fourth-order valence-electron chi connectivity index (χ4n) is 3.96. The second-order valence-corrected chi connectivity index (χ2v) is 10.3. The second kappa shape index (κ2) is 25.2. The van der Waals surface area contributed by atoms with Gasteiger partial charge in [0.25, 0.3) is 0 Å². The molecule has 0 aliphatic heterocycles. The molecule has 2 N–H and O–H groups in total. The fraction of sp³-hybridized carbons (Fsp3) is 0.893. The molecule has 0 aromatic heterocycles. The second-order valence-electron chi connectivity index (χ2n) is 9.90. The number of alkyl carbamates (subject to hydrolysis) is 2.